The predicted molar refractivity (Wildman–Crippen MR) is 37.8 cm³/mol. The van der Waals surface area contributed by atoms with E-state index in [-0.39, 0.29) is 0 Å². The average molecular weight is 179 g/mol. The van der Waals surface area contributed by atoms with Crippen LogP contribution in [0.3, 0.4) is 0 Å². The summed E-state index contributed by atoms with van der Waals surface area (Å²) in [7, 11) is 1.62. The highest BCUT2D eigenvalue weighted by Crippen LogP contribution is 2.17. The molecule has 0 spiro atoms. The second-order valence-electron chi connectivity index (χ2n) is 2.29. The molecule has 3 nitrogen and oxygen atoms in total. The summed E-state index contributed by atoms with van der Waals surface area (Å²) in [4.78, 5) is 0. The fourth-order valence-electron chi connectivity index (χ4n) is 0.763. The first-order valence-corrected chi connectivity index (χ1v) is 3.28. The number of hydrogen-bond acceptors (Lipinski definition) is 2. The van der Waals surface area contributed by atoms with E-state index in [0.717, 1.165) is 4.68 Å². The minimum Gasteiger partial charge on any atom is -0.386 e. The van der Waals surface area contributed by atoms with Crippen LogP contribution in [0.25, 0.3) is 0 Å². The Morgan fingerprint density at radius 3 is 2.67 bits per heavy atom. The monoisotopic (exact) mass is 179 g/mol. The zero-order valence-electron chi connectivity index (χ0n) is 6.39. The highest BCUT2D eigenvalue weighted by Gasteiger charge is 2.28. The molecule has 68 valence electrons. The van der Waals surface area contributed by atoms with Gasteiger partial charge >= 0.3 is 6.18 Å². The van der Waals surface area contributed by atoms with Crippen molar-refractivity contribution in [2.45, 2.75) is 12.7 Å². The van der Waals surface area contributed by atoms with E-state index in [4.69, 9.17) is 0 Å². The third-order valence-electron chi connectivity index (χ3n) is 1.26. The zero-order valence-corrected chi connectivity index (χ0v) is 6.39. The van der Waals surface area contributed by atoms with Crippen LogP contribution in [0.2, 0.25) is 0 Å². The Morgan fingerprint density at radius 1 is 1.58 bits per heavy atom. The van der Waals surface area contributed by atoms with E-state index in [1.54, 1.807) is 7.05 Å². The first-order chi connectivity index (χ1) is 5.51. The molecule has 0 aromatic carbocycles. The maximum atomic E-state index is 11.8. The van der Waals surface area contributed by atoms with Crippen LogP contribution >= 0.6 is 0 Å². The molecule has 0 aliphatic carbocycles. The standard InChI is InChI=1S/C6H8F3N3/c1-10-5-2-11-12(3-5)4-6(7,8)9/h2-3,10H,4H2,1H3. The molecule has 1 aromatic heterocycles. The number of hydrogen-bond donors (Lipinski definition) is 1. The van der Waals surface area contributed by atoms with Gasteiger partial charge in [0.1, 0.15) is 6.54 Å². The summed E-state index contributed by atoms with van der Waals surface area (Å²) >= 11 is 0. The van der Waals surface area contributed by atoms with E-state index >= 15 is 0 Å². The Kier molecular flexibility index (Phi) is 2.25. The van der Waals surface area contributed by atoms with E-state index in [9.17, 15) is 13.2 Å². The first kappa shape index (κ1) is 8.89. The van der Waals surface area contributed by atoms with Crippen molar-refractivity contribution >= 4 is 5.69 Å². The van der Waals surface area contributed by atoms with Gasteiger partial charge in [0, 0.05) is 13.2 Å². The Morgan fingerprint density at radius 2 is 2.25 bits per heavy atom. The molecule has 1 N–H and O–H groups in total. The van der Waals surface area contributed by atoms with Crippen LogP contribution in [0, 0.1) is 0 Å². The Bertz CT molecular complexity index is 253. The molecule has 0 amide bonds. The molecule has 0 radical (unpaired) electrons. The van der Waals surface area contributed by atoms with Crippen molar-refractivity contribution in [1.29, 1.82) is 0 Å². The SMILES string of the molecule is CNc1cnn(CC(F)(F)F)c1. The molecule has 12 heavy (non-hydrogen) atoms. The van der Waals surface area contributed by atoms with Crippen molar-refractivity contribution in [1.82, 2.24) is 9.78 Å². The lowest BCUT2D eigenvalue weighted by atomic mass is 10.6. The Balaban J connectivity index is 2.64. The Hall–Kier alpha value is -1.20. The molecular formula is C6H8F3N3. The largest absolute Gasteiger partial charge is 0.408 e. The van der Waals surface area contributed by atoms with Gasteiger partial charge < -0.3 is 5.32 Å². The minimum atomic E-state index is -4.21. The summed E-state index contributed by atoms with van der Waals surface area (Å²) < 4.78 is 36.2. The predicted octanol–water partition coefficient (Wildman–Crippen LogP) is 1.49. The van der Waals surface area contributed by atoms with Gasteiger partial charge in [0.2, 0.25) is 0 Å². The molecule has 1 aromatic rings. The lowest BCUT2D eigenvalue weighted by Crippen LogP contribution is -2.17. The summed E-state index contributed by atoms with van der Waals surface area (Å²) in [5, 5.41) is 6.19. The van der Waals surface area contributed by atoms with Gasteiger partial charge in [-0.3, -0.25) is 4.68 Å². The molecule has 0 fully saturated rings. The molecule has 0 aliphatic rings. The highest BCUT2D eigenvalue weighted by atomic mass is 19.4. The number of nitrogens with one attached hydrogen (secondary N) is 1. The van der Waals surface area contributed by atoms with Crippen molar-refractivity contribution in [3.63, 3.8) is 0 Å². The highest BCUT2D eigenvalue weighted by molar-refractivity contribution is 5.36. The molecule has 1 heterocycles. The van der Waals surface area contributed by atoms with Crippen LogP contribution in [0.5, 0.6) is 0 Å². The summed E-state index contributed by atoms with van der Waals surface area (Å²) in [6, 6.07) is 0. The fourth-order valence-corrected chi connectivity index (χ4v) is 0.763. The normalized spacial score (nSPS) is 11.7. The zero-order chi connectivity index (χ0) is 9.19. The maximum absolute atomic E-state index is 11.8. The van der Waals surface area contributed by atoms with Crippen molar-refractivity contribution < 1.29 is 13.2 Å². The van der Waals surface area contributed by atoms with Crippen molar-refractivity contribution in [2.24, 2.45) is 0 Å². The second kappa shape index (κ2) is 3.04. The third-order valence-corrected chi connectivity index (χ3v) is 1.26. The van der Waals surface area contributed by atoms with Crippen LogP contribution in [0.4, 0.5) is 18.9 Å². The molecule has 0 bridgehead atoms. The minimum absolute atomic E-state index is 0.569. The quantitative estimate of drug-likeness (QED) is 0.745. The van der Waals surface area contributed by atoms with Gasteiger partial charge in [-0.05, 0) is 0 Å². The molecule has 0 unspecified atom stereocenters. The summed E-state index contributed by atoms with van der Waals surface area (Å²) in [6.45, 7) is -1.05. The number of aromatic nitrogens is 2. The lowest BCUT2D eigenvalue weighted by Gasteiger charge is -2.04. The van der Waals surface area contributed by atoms with Gasteiger partial charge in [0.05, 0.1) is 11.9 Å². The van der Waals surface area contributed by atoms with Crippen LogP contribution in [-0.2, 0) is 6.54 Å². The van der Waals surface area contributed by atoms with Crippen LogP contribution in [0.15, 0.2) is 12.4 Å². The molecule has 0 saturated heterocycles. The van der Waals surface area contributed by atoms with Gasteiger partial charge in [-0.2, -0.15) is 18.3 Å². The van der Waals surface area contributed by atoms with E-state index in [1.807, 2.05) is 0 Å². The topological polar surface area (TPSA) is 29.9 Å². The Labute approximate surface area is 67.2 Å². The fraction of sp³-hybridized carbons (Fsp3) is 0.500. The van der Waals surface area contributed by atoms with E-state index < -0.39 is 12.7 Å². The third kappa shape index (κ3) is 2.44. The molecule has 0 saturated carbocycles. The van der Waals surface area contributed by atoms with Gasteiger partial charge in [0.25, 0.3) is 0 Å². The summed E-state index contributed by atoms with van der Waals surface area (Å²) in [5.41, 5.74) is 0.569. The van der Waals surface area contributed by atoms with E-state index in [2.05, 4.69) is 10.4 Å². The van der Waals surface area contributed by atoms with E-state index in [1.165, 1.54) is 12.4 Å². The molecule has 6 heteroatoms. The molecule has 0 atom stereocenters. The van der Waals surface area contributed by atoms with Gasteiger partial charge in [-0.1, -0.05) is 0 Å². The average Bonchev–Trinajstić information content (AvgIpc) is 2.32. The summed E-state index contributed by atoms with van der Waals surface area (Å²) in [6.07, 6.45) is -1.57. The van der Waals surface area contributed by atoms with Crippen LogP contribution < -0.4 is 5.32 Å². The van der Waals surface area contributed by atoms with Gasteiger partial charge in [-0.15, -0.1) is 0 Å². The van der Waals surface area contributed by atoms with Crippen molar-refractivity contribution in [3.8, 4) is 0 Å². The van der Waals surface area contributed by atoms with Crippen LogP contribution in [-0.4, -0.2) is 23.0 Å². The second-order valence-corrected chi connectivity index (χ2v) is 2.29. The number of halogens is 3. The van der Waals surface area contributed by atoms with Crippen LogP contribution in [0.1, 0.15) is 0 Å². The number of alkyl halides is 3. The number of rotatable bonds is 2. The van der Waals surface area contributed by atoms with Crippen molar-refractivity contribution in [3.05, 3.63) is 12.4 Å². The molecule has 0 aliphatic heterocycles. The molecular weight excluding hydrogens is 171 g/mol. The maximum Gasteiger partial charge on any atom is 0.408 e. The first-order valence-electron chi connectivity index (χ1n) is 3.28. The lowest BCUT2D eigenvalue weighted by molar-refractivity contribution is -0.142. The van der Waals surface area contributed by atoms with Gasteiger partial charge in [-0.25, -0.2) is 0 Å². The van der Waals surface area contributed by atoms with Crippen molar-refractivity contribution in [2.75, 3.05) is 12.4 Å². The number of nitrogens with zero attached hydrogens (tertiary/aromatic N) is 2. The molecule has 1 rings (SSSR count). The smallest absolute Gasteiger partial charge is 0.386 e. The van der Waals surface area contributed by atoms with Gasteiger partial charge in [0.15, 0.2) is 0 Å². The number of anilines is 1. The summed E-state index contributed by atoms with van der Waals surface area (Å²) in [5.74, 6) is 0. The van der Waals surface area contributed by atoms with E-state index in [0.29, 0.717) is 5.69 Å².